The topological polar surface area (TPSA) is 23.5 Å². The fourth-order valence-corrected chi connectivity index (χ4v) is 1.80. The monoisotopic (exact) mass is 245 g/mol. The number of aliphatic hydroxyl groups is 1. The van der Waals surface area contributed by atoms with Gasteiger partial charge < -0.3 is 10.0 Å². The Morgan fingerprint density at radius 1 is 1.44 bits per heavy atom. The lowest BCUT2D eigenvalue weighted by atomic mass is 10.1. The van der Waals surface area contributed by atoms with E-state index in [2.05, 4.69) is 0 Å². The molecule has 1 aromatic rings. The third kappa shape index (κ3) is 3.74. The van der Waals surface area contributed by atoms with Crippen molar-refractivity contribution in [3.05, 3.63) is 34.1 Å². The van der Waals surface area contributed by atoms with Crippen LogP contribution in [0.1, 0.15) is 17.5 Å². The second-order valence-electron chi connectivity index (χ2n) is 4.01. The summed E-state index contributed by atoms with van der Waals surface area (Å²) >= 11 is 6.04. The molecular weight excluding hydrogens is 229 g/mol. The molecule has 0 saturated heterocycles. The third-order valence-corrected chi connectivity index (χ3v) is 2.82. The summed E-state index contributed by atoms with van der Waals surface area (Å²) in [4.78, 5) is 2.01. The van der Waals surface area contributed by atoms with Crippen LogP contribution in [-0.2, 0) is 6.54 Å². The van der Waals surface area contributed by atoms with Crippen molar-refractivity contribution >= 4 is 11.6 Å². The number of hydrogen-bond donors (Lipinski definition) is 1. The first kappa shape index (κ1) is 13.4. The van der Waals surface area contributed by atoms with E-state index in [-0.39, 0.29) is 12.4 Å². The number of benzene rings is 1. The van der Waals surface area contributed by atoms with Crippen LogP contribution in [0, 0.1) is 12.7 Å². The molecule has 0 aliphatic carbocycles. The zero-order valence-corrected chi connectivity index (χ0v) is 10.4. The van der Waals surface area contributed by atoms with E-state index in [0.29, 0.717) is 23.6 Å². The van der Waals surface area contributed by atoms with Crippen molar-refractivity contribution in [2.45, 2.75) is 19.9 Å². The van der Waals surface area contributed by atoms with Gasteiger partial charge in [0, 0.05) is 24.7 Å². The van der Waals surface area contributed by atoms with E-state index >= 15 is 0 Å². The Labute approximate surface area is 101 Å². The van der Waals surface area contributed by atoms with Gasteiger partial charge in [0.1, 0.15) is 5.82 Å². The molecule has 0 amide bonds. The van der Waals surface area contributed by atoms with Gasteiger partial charge in [-0.2, -0.15) is 0 Å². The summed E-state index contributed by atoms with van der Waals surface area (Å²) in [7, 11) is 1.92. The summed E-state index contributed by atoms with van der Waals surface area (Å²) in [6, 6.07) is 3.12. The van der Waals surface area contributed by atoms with Crippen molar-refractivity contribution in [3.63, 3.8) is 0 Å². The molecular formula is C12H17ClFNO. The van der Waals surface area contributed by atoms with E-state index < -0.39 is 0 Å². The zero-order valence-electron chi connectivity index (χ0n) is 9.63. The maximum atomic E-state index is 13.3. The van der Waals surface area contributed by atoms with E-state index in [1.165, 1.54) is 6.07 Å². The molecule has 0 spiro atoms. The van der Waals surface area contributed by atoms with Gasteiger partial charge in [0.05, 0.1) is 0 Å². The Morgan fingerprint density at radius 3 is 2.75 bits per heavy atom. The van der Waals surface area contributed by atoms with E-state index in [1.807, 2.05) is 11.9 Å². The molecule has 0 heterocycles. The number of halogens is 2. The SMILES string of the molecule is Cc1cc(Cl)c(CN(C)CCCO)cc1F. The van der Waals surface area contributed by atoms with E-state index in [1.54, 1.807) is 13.0 Å². The molecule has 4 heteroatoms. The zero-order chi connectivity index (χ0) is 12.1. The summed E-state index contributed by atoms with van der Waals surface area (Å²) in [6.07, 6.45) is 0.711. The van der Waals surface area contributed by atoms with Gasteiger partial charge in [0.25, 0.3) is 0 Å². The number of nitrogens with zero attached hydrogens (tertiary/aromatic N) is 1. The minimum absolute atomic E-state index is 0.167. The maximum absolute atomic E-state index is 13.3. The van der Waals surface area contributed by atoms with Crippen LogP contribution in [0.3, 0.4) is 0 Å². The number of aryl methyl sites for hydroxylation is 1. The van der Waals surface area contributed by atoms with Crippen molar-refractivity contribution in [2.24, 2.45) is 0 Å². The standard InChI is InChI=1S/C12H17ClFNO/c1-9-6-11(13)10(7-12(9)14)8-15(2)4-3-5-16/h6-7,16H,3-5,8H2,1-2H3. The largest absolute Gasteiger partial charge is 0.396 e. The lowest BCUT2D eigenvalue weighted by Gasteiger charge is -2.17. The molecule has 0 fully saturated rings. The molecule has 0 aliphatic heterocycles. The Hall–Kier alpha value is -0.640. The van der Waals surface area contributed by atoms with Gasteiger partial charge in [0.15, 0.2) is 0 Å². The number of aliphatic hydroxyl groups excluding tert-OH is 1. The lowest BCUT2D eigenvalue weighted by molar-refractivity contribution is 0.244. The van der Waals surface area contributed by atoms with Gasteiger partial charge in [0.2, 0.25) is 0 Å². The molecule has 0 saturated carbocycles. The molecule has 2 nitrogen and oxygen atoms in total. The van der Waals surface area contributed by atoms with E-state index in [4.69, 9.17) is 16.7 Å². The first-order valence-electron chi connectivity index (χ1n) is 5.28. The molecule has 0 unspecified atom stereocenters. The van der Waals surface area contributed by atoms with Crippen LogP contribution in [-0.4, -0.2) is 30.2 Å². The summed E-state index contributed by atoms with van der Waals surface area (Å²) < 4.78 is 13.3. The molecule has 0 atom stereocenters. The van der Waals surface area contributed by atoms with Crippen LogP contribution < -0.4 is 0 Å². The smallest absolute Gasteiger partial charge is 0.126 e. The van der Waals surface area contributed by atoms with Crippen LogP contribution in [0.2, 0.25) is 5.02 Å². The Bertz CT molecular complexity index is 357. The average molecular weight is 246 g/mol. The highest BCUT2D eigenvalue weighted by Crippen LogP contribution is 2.21. The normalized spacial score (nSPS) is 11.1. The van der Waals surface area contributed by atoms with Gasteiger partial charge >= 0.3 is 0 Å². The minimum atomic E-state index is -0.227. The maximum Gasteiger partial charge on any atom is 0.126 e. The van der Waals surface area contributed by atoms with Crippen LogP contribution in [0.25, 0.3) is 0 Å². The fraction of sp³-hybridized carbons (Fsp3) is 0.500. The van der Waals surface area contributed by atoms with Crippen LogP contribution in [0.4, 0.5) is 4.39 Å². The molecule has 1 aromatic carbocycles. The van der Waals surface area contributed by atoms with Crippen molar-refractivity contribution in [3.8, 4) is 0 Å². The van der Waals surface area contributed by atoms with Gasteiger partial charge in [-0.3, -0.25) is 0 Å². The molecule has 1 N–H and O–H groups in total. The molecule has 0 bridgehead atoms. The molecule has 1 rings (SSSR count). The highest BCUT2D eigenvalue weighted by atomic mass is 35.5. The summed E-state index contributed by atoms with van der Waals surface area (Å²) in [5.41, 5.74) is 1.34. The Balaban J connectivity index is 2.69. The van der Waals surface area contributed by atoms with Crippen LogP contribution >= 0.6 is 11.6 Å². The molecule has 16 heavy (non-hydrogen) atoms. The molecule has 0 aromatic heterocycles. The van der Waals surface area contributed by atoms with Crippen LogP contribution in [0.15, 0.2) is 12.1 Å². The number of hydrogen-bond acceptors (Lipinski definition) is 2. The average Bonchev–Trinajstić information content (AvgIpc) is 2.23. The third-order valence-electron chi connectivity index (χ3n) is 2.47. The fourth-order valence-electron chi connectivity index (χ4n) is 1.52. The Kier molecular flexibility index (Phi) is 5.19. The number of rotatable bonds is 5. The first-order valence-corrected chi connectivity index (χ1v) is 5.66. The highest BCUT2D eigenvalue weighted by Gasteiger charge is 2.08. The van der Waals surface area contributed by atoms with Gasteiger partial charge in [-0.05, 0) is 43.7 Å². The summed E-state index contributed by atoms with van der Waals surface area (Å²) in [6.45, 7) is 3.22. The van der Waals surface area contributed by atoms with E-state index in [9.17, 15) is 4.39 Å². The quantitative estimate of drug-likeness (QED) is 0.862. The Morgan fingerprint density at radius 2 is 2.12 bits per heavy atom. The predicted molar refractivity (Wildman–Crippen MR) is 64.2 cm³/mol. The van der Waals surface area contributed by atoms with Gasteiger partial charge in [-0.25, -0.2) is 4.39 Å². The lowest BCUT2D eigenvalue weighted by Crippen LogP contribution is -2.20. The first-order chi connectivity index (χ1) is 7.54. The highest BCUT2D eigenvalue weighted by molar-refractivity contribution is 6.31. The van der Waals surface area contributed by atoms with Crippen molar-refractivity contribution in [1.82, 2.24) is 4.90 Å². The predicted octanol–water partition coefficient (Wildman–Crippen LogP) is 2.60. The summed E-state index contributed by atoms with van der Waals surface area (Å²) in [5.74, 6) is -0.227. The molecule has 0 radical (unpaired) electrons. The van der Waals surface area contributed by atoms with Crippen LogP contribution in [0.5, 0.6) is 0 Å². The van der Waals surface area contributed by atoms with Gasteiger partial charge in [-0.1, -0.05) is 11.6 Å². The van der Waals surface area contributed by atoms with Crippen molar-refractivity contribution in [1.29, 1.82) is 0 Å². The second-order valence-corrected chi connectivity index (χ2v) is 4.41. The molecule has 0 aliphatic rings. The molecule has 90 valence electrons. The van der Waals surface area contributed by atoms with Crippen molar-refractivity contribution in [2.75, 3.05) is 20.2 Å². The summed E-state index contributed by atoms with van der Waals surface area (Å²) in [5, 5.41) is 9.30. The van der Waals surface area contributed by atoms with E-state index in [0.717, 1.165) is 12.1 Å². The second kappa shape index (κ2) is 6.18. The van der Waals surface area contributed by atoms with Gasteiger partial charge in [-0.15, -0.1) is 0 Å². The minimum Gasteiger partial charge on any atom is -0.396 e. The van der Waals surface area contributed by atoms with Crippen molar-refractivity contribution < 1.29 is 9.50 Å².